The second-order valence-corrected chi connectivity index (χ2v) is 5.31. The monoisotopic (exact) mass is 232 g/mol. The van der Waals surface area contributed by atoms with Crippen LogP contribution in [0.3, 0.4) is 0 Å². The van der Waals surface area contributed by atoms with Gasteiger partial charge in [0.1, 0.15) is 5.75 Å². The Morgan fingerprint density at radius 2 is 2.18 bits per heavy atom. The molecule has 4 heteroatoms. The van der Waals surface area contributed by atoms with Crippen LogP contribution in [0.5, 0.6) is 5.75 Å². The highest BCUT2D eigenvalue weighted by molar-refractivity contribution is 5.80. The predicted octanol–water partition coefficient (Wildman–Crippen LogP) is 1.28. The van der Waals surface area contributed by atoms with Gasteiger partial charge in [0.05, 0.1) is 6.17 Å². The zero-order chi connectivity index (χ0) is 12.0. The number of carbonyl (C=O) groups excluding carboxylic acids is 1. The van der Waals surface area contributed by atoms with Gasteiger partial charge in [0.15, 0.2) is 0 Å². The summed E-state index contributed by atoms with van der Waals surface area (Å²) in [6.07, 6.45) is 1.46. The van der Waals surface area contributed by atoms with Gasteiger partial charge in [-0.25, -0.2) is 0 Å². The third kappa shape index (κ3) is 1.60. The Hall–Kier alpha value is -1.55. The van der Waals surface area contributed by atoms with Crippen molar-refractivity contribution in [1.29, 1.82) is 0 Å². The second-order valence-electron chi connectivity index (χ2n) is 5.31. The number of carbonyl (C=O) groups is 1. The number of hydrogen-bond acceptors (Lipinski definition) is 3. The average Bonchev–Trinajstić information content (AvgIpc) is 2.68. The Bertz CT molecular complexity index is 474. The van der Waals surface area contributed by atoms with E-state index in [0.717, 1.165) is 12.0 Å². The minimum absolute atomic E-state index is 0.0274. The average molecular weight is 232 g/mol. The number of para-hydroxylation sites is 1. The molecule has 2 aliphatic rings. The van der Waals surface area contributed by atoms with E-state index in [1.165, 1.54) is 0 Å². The van der Waals surface area contributed by atoms with E-state index >= 15 is 0 Å². The molecule has 3 N–H and O–H groups in total. The first kappa shape index (κ1) is 10.6. The van der Waals surface area contributed by atoms with Crippen LogP contribution in [0.2, 0.25) is 0 Å². The van der Waals surface area contributed by atoms with E-state index < -0.39 is 0 Å². The van der Waals surface area contributed by atoms with E-state index in [1.807, 2.05) is 18.2 Å². The largest absolute Gasteiger partial charge is 0.508 e. The zero-order valence-corrected chi connectivity index (χ0v) is 9.73. The maximum Gasteiger partial charge on any atom is 0.221 e. The molecule has 1 aromatic carbocycles. The van der Waals surface area contributed by atoms with Gasteiger partial charge in [0.25, 0.3) is 0 Å². The van der Waals surface area contributed by atoms with Crippen LogP contribution < -0.4 is 10.6 Å². The lowest BCUT2D eigenvalue weighted by Crippen LogP contribution is -2.40. The van der Waals surface area contributed by atoms with Gasteiger partial charge >= 0.3 is 0 Å². The molecule has 0 radical (unpaired) electrons. The Morgan fingerprint density at radius 3 is 2.88 bits per heavy atom. The van der Waals surface area contributed by atoms with Crippen molar-refractivity contribution in [2.24, 2.45) is 5.41 Å². The Balaban J connectivity index is 1.87. The third-order valence-electron chi connectivity index (χ3n) is 3.92. The van der Waals surface area contributed by atoms with Crippen molar-refractivity contribution < 1.29 is 9.90 Å². The first-order valence-electron chi connectivity index (χ1n) is 5.92. The van der Waals surface area contributed by atoms with Crippen LogP contribution in [-0.4, -0.2) is 17.2 Å². The van der Waals surface area contributed by atoms with E-state index in [-0.39, 0.29) is 23.5 Å². The van der Waals surface area contributed by atoms with Crippen LogP contribution in [0.4, 0.5) is 0 Å². The Morgan fingerprint density at radius 1 is 1.41 bits per heavy atom. The summed E-state index contributed by atoms with van der Waals surface area (Å²) >= 11 is 0. The topological polar surface area (TPSA) is 61.4 Å². The number of phenolic OH excluding ortho intramolecular Hbond substituents is 1. The molecule has 0 unspecified atom stereocenters. The normalized spacial score (nSPS) is 35.7. The summed E-state index contributed by atoms with van der Waals surface area (Å²) in [5.74, 6) is 0.431. The van der Waals surface area contributed by atoms with Crippen molar-refractivity contribution in [3.63, 3.8) is 0 Å². The molecular formula is C13H16N2O2. The predicted molar refractivity (Wildman–Crippen MR) is 63.3 cm³/mol. The number of benzene rings is 1. The van der Waals surface area contributed by atoms with Crippen LogP contribution in [0.1, 0.15) is 31.4 Å². The molecule has 90 valence electrons. The number of nitrogens with one attached hydrogen (secondary N) is 2. The van der Waals surface area contributed by atoms with Gasteiger partial charge in [-0.1, -0.05) is 25.1 Å². The lowest BCUT2D eigenvalue weighted by atomic mass is 9.83. The molecule has 0 saturated carbocycles. The lowest BCUT2D eigenvalue weighted by molar-refractivity contribution is -0.120. The van der Waals surface area contributed by atoms with Crippen molar-refractivity contribution in [1.82, 2.24) is 10.6 Å². The highest BCUT2D eigenvalue weighted by Gasteiger charge is 2.50. The van der Waals surface area contributed by atoms with Crippen molar-refractivity contribution in [3.05, 3.63) is 29.8 Å². The molecule has 0 bridgehead atoms. The van der Waals surface area contributed by atoms with Gasteiger partial charge in [0, 0.05) is 23.4 Å². The van der Waals surface area contributed by atoms with Crippen LogP contribution in [-0.2, 0) is 4.79 Å². The maximum absolute atomic E-state index is 11.4. The fraction of sp³-hybridized carbons (Fsp3) is 0.462. The van der Waals surface area contributed by atoms with Gasteiger partial charge in [0.2, 0.25) is 5.91 Å². The molecule has 3 rings (SSSR count). The zero-order valence-electron chi connectivity index (χ0n) is 9.73. The number of rotatable bonds is 1. The highest BCUT2D eigenvalue weighted by Crippen LogP contribution is 2.46. The maximum atomic E-state index is 11.4. The highest BCUT2D eigenvalue weighted by atomic mass is 16.3. The molecular weight excluding hydrogens is 216 g/mol. The molecule has 4 nitrogen and oxygen atoms in total. The smallest absolute Gasteiger partial charge is 0.221 e. The number of phenols is 1. The molecule has 2 aliphatic heterocycles. The molecule has 2 fully saturated rings. The summed E-state index contributed by atoms with van der Waals surface area (Å²) in [4.78, 5) is 11.4. The second kappa shape index (κ2) is 3.47. The summed E-state index contributed by atoms with van der Waals surface area (Å²) in [6.45, 7) is 2.11. The van der Waals surface area contributed by atoms with Gasteiger partial charge in [-0.3, -0.25) is 10.1 Å². The van der Waals surface area contributed by atoms with E-state index in [2.05, 4.69) is 17.6 Å². The quantitative estimate of drug-likeness (QED) is 0.683. The minimum Gasteiger partial charge on any atom is -0.508 e. The van der Waals surface area contributed by atoms with Crippen LogP contribution in [0, 0.1) is 5.41 Å². The van der Waals surface area contributed by atoms with Gasteiger partial charge in [-0.2, -0.15) is 0 Å². The van der Waals surface area contributed by atoms with Crippen LogP contribution in [0.25, 0.3) is 0 Å². The fourth-order valence-corrected chi connectivity index (χ4v) is 3.00. The molecule has 2 saturated heterocycles. The molecule has 0 aliphatic carbocycles. The van der Waals surface area contributed by atoms with Gasteiger partial charge < -0.3 is 10.4 Å². The molecule has 0 aromatic heterocycles. The fourth-order valence-electron chi connectivity index (χ4n) is 3.00. The third-order valence-corrected chi connectivity index (χ3v) is 3.92. The summed E-state index contributed by atoms with van der Waals surface area (Å²) < 4.78 is 0. The van der Waals surface area contributed by atoms with Gasteiger partial charge in [-0.05, 0) is 12.5 Å². The molecule has 1 aromatic rings. The van der Waals surface area contributed by atoms with E-state index in [9.17, 15) is 9.90 Å². The first-order valence-corrected chi connectivity index (χ1v) is 5.92. The lowest BCUT2D eigenvalue weighted by Gasteiger charge is -2.19. The molecule has 2 heterocycles. The van der Waals surface area contributed by atoms with Crippen molar-refractivity contribution in [2.75, 3.05) is 0 Å². The Kier molecular flexibility index (Phi) is 2.16. The standard InChI is InChI=1S/C13H16N2O2/c1-13-6-9(8-4-2-3-5-10(8)16)14-12(13)15-11(17)7-13/h2-5,9,12,14,16H,6-7H2,1H3,(H,15,17)/t9-,12+,13-/m0/s1. The SMILES string of the molecule is C[C@]12CC(=O)N[C@H]1N[C@H](c1ccccc1O)C2. The molecule has 3 atom stereocenters. The number of amides is 1. The van der Waals surface area contributed by atoms with Crippen molar-refractivity contribution >= 4 is 5.91 Å². The molecule has 1 amide bonds. The van der Waals surface area contributed by atoms with Crippen LogP contribution in [0.15, 0.2) is 24.3 Å². The van der Waals surface area contributed by atoms with Crippen LogP contribution >= 0.6 is 0 Å². The summed E-state index contributed by atoms with van der Waals surface area (Å²) in [5.41, 5.74) is 0.877. The van der Waals surface area contributed by atoms with Gasteiger partial charge in [-0.15, -0.1) is 0 Å². The first-order chi connectivity index (χ1) is 8.08. The Labute approximate surface area is 100 Å². The van der Waals surface area contributed by atoms with E-state index in [1.54, 1.807) is 6.07 Å². The summed E-state index contributed by atoms with van der Waals surface area (Å²) in [5, 5.41) is 16.2. The van der Waals surface area contributed by atoms with E-state index in [0.29, 0.717) is 12.2 Å². The number of aromatic hydroxyl groups is 1. The number of hydrogen-bond donors (Lipinski definition) is 3. The molecule has 0 spiro atoms. The molecule has 17 heavy (non-hydrogen) atoms. The van der Waals surface area contributed by atoms with Crippen molar-refractivity contribution in [2.45, 2.75) is 32.0 Å². The van der Waals surface area contributed by atoms with Crippen molar-refractivity contribution in [3.8, 4) is 5.75 Å². The minimum atomic E-state index is -0.0377. The summed E-state index contributed by atoms with van der Waals surface area (Å²) in [7, 11) is 0. The summed E-state index contributed by atoms with van der Waals surface area (Å²) in [6, 6.07) is 7.49. The van der Waals surface area contributed by atoms with E-state index in [4.69, 9.17) is 0 Å². The number of fused-ring (bicyclic) bond motifs is 1.